The number of benzene rings is 2. The third kappa shape index (κ3) is 3.58. The Morgan fingerprint density at radius 2 is 1.85 bits per heavy atom. The Hall–Kier alpha value is -1.40. The fourth-order valence-electron chi connectivity index (χ4n) is 1.78. The van der Waals surface area contributed by atoms with Crippen LogP contribution in [0.2, 0.25) is 0 Å². The van der Waals surface area contributed by atoms with Crippen molar-refractivity contribution >= 4 is 43.2 Å². The highest BCUT2D eigenvalue weighted by molar-refractivity contribution is 9.11. The molecule has 0 atom stereocenters. The summed E-state index contributed by atoms with van der Waals surface area (Å²) in [6.07, 6.45) is 0. The van der Waals surface area contributed by atoms with Crippen LogP contribution < -0.4 is 5.32 Å². The molecule has 0 fully saturated rings. The van der Waals surface area contributed by atoms with Crippen LogP contribution in [-0.4, -0.2) is 4.92 Å². The molecule has 0 saturated carbocycles. The Balaban J connectivity index is 2.17. The molecule has 0 radical (unpaired) electrons. The van der Waals surface area contributed by atoms with Gasteiger partial charge in [-0.05, 0) is 68.1 Å². The zero-order valence-corrected chi connectivity index (χ0v) is 13.9. The molecule has 0 aliphatic rings. The fraction of sp³-hybridized carbons (Fsp3) is 0.143. The van der Waals surface area contributed by atoms with Crippen molar-refractivity contribution in [3.8, 4) is 0 Å². The number of nitro groups is 1. The Bertz CT molecular complexity index is 660. The van der Waals surface area contributed by atoms with Crippen LogP contribution in [0.25, 0.3) is 0 Å². The van der Waals surface area contributed by atoms with Gasteiger partial charge in [-0.2, -0.15) is 0 Å². The normalized spacial score (nSPS) is 10.3. The maximum atomic E-state index is 10.9. The van der Waals surface area contributed by atoms with Gasteiger partial charge in [0, 0.05) is 22.8 Å². The average molecular weight is 400 g/mol. The summed E-state index contributed by atoms with van der Waals surface area (Å²) >= 11 is 6.65. The third-order valence-corrected chi connectivity index (χ3v) is 4.17. The minimum absolute atomic E-state index is 0.0765. The van der Waals surface area contributed by atoms with Crippen molar-refractivity contribution in [2.45, 2.75) is 13.5 Å². The summed E-state index contributed by atoms with van der Waals surface area (Å²) in [6, 6.07) is 11.1. The third-order valence-electron chi connectivity index (χ3n) is 2.81. The highest BCUT2D eigenvalue weighted by atomic mass is 79.9. The first-order valence-electron chi connectivity index (χ1n) is 5.90. The second-order valence-electron chi connectivity index (χ2n) is 4.38. The van der Waals surface area contributed by atoms with E-state index in [1.807, 2.05) is 31.2 Å². The van der Waals surface area contributed by atoms with Crippen LogP contribution in [0.15, 0.2) is 45.3 Å². The molecule has 20 heavy (non-hydrogen) atoms. The van der Waals surface area contributed by atoms with Crippen molar-refractivity contribution < 1.29 is 4.92 Å². The number of nitrogens with zero attached hydrogens (tertiary/aromatic N) is 1. The lowest BCUT2D eigenvalue weighted by Crippen LogP contribution is -2.01. The van der Waals surface area contributed by atoms with Crippen molar-refractivity contribution in [1.29, 1.82) is 0 Å². The Morgan fingerprint density at radius 1 is 1.15 bits per heavy atom. The monoisotopic (exact) mass is 398 g/mol. The molecular weight excluding hydrogens is 388 g/mol. The zero-order valence-electron chi connectivity index (χ0n) is 10.7. The summed E-state index contributed by atoms with van der Waals surface area (Å²) in [4.78, 5) is 10.5. The van der Waals surface area contributed by atoms with Crippen LogP contribution >= 0.6 is 31.9 Å². The van der Waals surface area contributed by atoms with Gasteiger partial charge in [0.15, 0.2) is 0 Å². The smallest absolute Gasteiger partial charge is 0.283 e. The van der Waals surface area contributed by atoms with Crippen LogP contribution in [0, 0.1) is 17.0 Å². The van der Waals surface area contributed by atoms with E-state index in [1.165, 1.54) is 0 Å². The van der Waals surface area contributed by atoms with Crippen molar-refractivity contribution in [3.63, 3.8) is 0 Å². The van der Waals surface area contributed by atoms with Crippen molar-refractivity contribution in [3.05, 3.63) is 66.6 Å². The summed E-state index contributed by atoms with van der Waals surface area (Å²) in [5.74, 6) is 0. The minimum atomic E-state index is -0.393. The van der Waals surface area contributed by atoms with Gasteiger partial charge in [-0.25, -0.2) is 0 Å². The number of anilines is 1. The lowest BCUT2D eigenvalue weighted by molar-refractivity contribution is -0.385. The lowest BCUT2D eigenvalue weighted by atomic mass is 10.2. The van der Waals surface area contributed by atoms with E-state index in [-0.39, 0.29) is 5.69 Å². The van der Waals surface area contributed by atoms with Gasteiger partial charge >= 0.3 is 0 Å². The second-order valence-corrected chi connectivity index (χ2v) is 6.09. The predicted octanol–water partition coefficient (Wildman–Crippen LogP) is 5.04. The van der Waals surface area contributed by atoms with Crippen molar-refractivity contribution in [2.24, 2.45) is 0 Å². The SMILES string of the molecule is Cc1ccc(Br)c(NCc2ccc(Br)c([N+](=O)[O-])c2)c1. The summed E-state index contributed by atoms with van der Waals surface area (Å²) in [5, 5.41) is 14.2. The molecule has 1 N–H and O–H groups in total. The molecule has 104 valence electrons. The fourth-order valence-corrected chi connectivity index (χ4v) is 2.56. The standard InChI is InChI=1S/C14H12Br2N2O2/c1-9-2-4-11(15)13(6-9)17-8-10-3-5-12(16)14(7-10)18(19)20/h2-7,17H,8H2,1H3. The number of hydrogen-bond acceptors (Lipinski definition) is 3. The van der Waals surface area contributed by atoms with E-state index >= 15 is 0 Å². The van der Waals surface area contributed by atoms with Gasteiger partial charge in [0.05, 0.1) is 9.40 Å². The Labute approximate surface area is 133 Å². The molecule has 0 amide bonds. The van der Waals surface area contributed by atoms with E-state index in [0.717, 1.165) is 21.3 Å². The van der Waals surface area contributed by atoms with Crippen LogP contribution in [-0.2, 0) is 6.54 Å². The van der Waals surface area contributed by atoms with E-state index in [4.69, 9.17) is 0 Å². The van der Waals surface area contributed by atoms with Gasteiger partial charge in [-0.3, -0.25) is 10.1 Å². The van der Waals surface area contributed by atoms with Gasteiger partial charge in [0.25, 0.3) is 5.69 Å². The van der Waals surface area contributed by atoms with E-state index in [0.29, 0.717) is 11.0 Å². The molecule has 2 rings (SSSR count). The number of hydrogen-bond donors (Lipinski definition) is 1. The highest BCUT2D eigenvalue weighted by Crippen LogP contribution is 2.27. The van der Waals surface area contributed by atoms with E-state index in [1.54, 1.807) is 12.1 Å². The first-order valence-corrected chi connectivity index (χ1v) is 7.49. The van der Waals surface area contributed by atoms with Crippen LogP contribution in [0.4, 0.5) is 11.4 Å². The van der Waals surface area contributed by atoms with Crippen molar-refractivity contribution in [2.75, 3.05) is 5.32 Å². The second kappa shape index (κ2) is 6.37. The summed E-state index contributed by atoms with van der Waals surface area (Å²) in [7, 11) is 0. The molecule has 0 aromatic heterocycles. The van der Waals surface area contributed by atoms with E-state index < -0.39 is 4.92 Å². The summed E-state index contributed by atoms with van der Waals surface area (Å²) < 4.78 is 1.46. The molecule has 2 aromatic rings. The first kappa shape index (κ1) is 15.0. The van der Waals surface area contributed by atoms with Crippen molar-refractivity contribution in [1.82, 2.24) is 0 Å². The average Bonchev–Trinajstić information content (AvgIpc) is 2.41. The molecule has 0 spiro atoms. The van der Waals surface area contributed by atoms with Crippen LogP contribution in [0.3, 0.4) is 0 Å². The number of aryl methyl sites for hydroxylation is 1. The summed E-state index contributed by atoms with van der Waals surface area (Å²) in [5.41, 5.74) is 3.05. The minimum Gasteiger partial charge on any atom is -0.380 e. The molecule has 4 nitrogen and oxygen atoms in total. The quantitative estimate of drug-likeness (QED) is 0.578. The van der Waals surface area contributed by atoms with Gasteiger partial charge in [-0.15, -0.1) is 0 Å². The molecule has 6 heteroatoms. The van der Waals surface area contributed by atoms with Gasteiger partial charge < -0.3 is 5.32 Å². The summed E-state index contributed by atoms with van der Waals surface area (Å²) in [6.45, 7) is 2.54. The van der Waals surface area contributed by atoms with E-state index in [9.17, 15) is 10.1 Å². The number of halogens is 2. The molecule has 0 aliphatic heterocycles. The van der Waals surface area contributed by atoms with Crippen LogP contribution in [0.5, 0.6) is 0 Å². The number of nitrogens with one attached hydrogen (secondary N) is 1. The molecule has 2 aromatic carbocycles. The van der Waals surface area contributed by atoms with Gasteiger partial charge in [0.2, 0.25) is 0 Å². The predicted molar refractivity (Wildman–Crippen MR) is 87.0 cm³/mol. The van der Waals surface area contributed by atoms with Gasteiger partial charge in [-0.1, -0.05) is 12.1 Å². The number of rotatable bonds is 4. The highest BCUT2D eigenvalue weighted by Gasteiger charge is 2.12. The molecule has 0 saturated heterocycles. The largest absolute Gasteiger partial charge is 0.380 e. The molecule has 0 bridgehead atoms. The molecular formula is C14H12Br2N2O2. The number of nitro benzene ring substituents is 1. The van der Waals surface area contributed by atoms with Gasteiger partial charge in [0.1, 0.15) is 0 Å². The maximum absolute atomic E-state index is 10.9. The topological polar surface area (TPSA) is 55.2 Å². The zero-order chi connectivity index (χ0) is 14.7. The molecule has 0 heterocycles. The van der Waals surface area contributed by atoms with Crippen LogP contribution in [0.1, 0.15) is 11.1 Å². The molecule has 0 aliphatic carbocycles. The first-order chi connectivity index (χ1) is 9.47. The molecule has 0 unspecified atom stereocenters. The van der Waals surface area contributed by atoms with E-state index in [2.05, 4.69) is 37.2 Å². The lowest BCUT2D eigenvalue weighted by Gasteiger charge is -2.10. The maximum Gasteiger partial charge on any atom is 0.283 e. The Kier molecular flexibility index (Phi) is 4.77. The Morgan fingerprint density at radius 3 is 2.55 bits per heavy atom.